The molecule has 0 bridgehead atoms. The predicted octanol–water partition coefficient (Wildman–Crippen LogP) is 2.08. The first-order valence-electron chi connectivity index (χ1n) is 2.77. The Balaban J connectivity index is 2.58. The van der Waals surface area contributed by atoms with E-state index in [1.807, 2.05) is 41.6 Å². The Morgan fingerprint density at radius 2 is 1.56 bits per heavy atom. The van der Waals surface area contributed by atoms with Gasteiger partial charge >= 0.3 is 0 Å². The van der Waals surface area contributed by atoms with Gasteiger partial charge in [-0.3, -0.25) is 0 Å². The average molecular weight is 142 g/mol. The summed E-state index contributed by atoms with van der Waals surface area (Å²) in [5, 5.41) is 0. The van der Waals surface area contributed by atoms with Crippen molar-refractivity contribution in [1.29, 1.82) is 0 Å². The fourth-order valence-electron chi connectivity index (χ4n) is 0.578. The smallest absolute Gasteiger partial charge is 0.0965 e. The van der Waals surface area contributed by atoms with Crippen LogP contribution in [0.25, 0.3) is 0 Å². The van der Waals surface area contributed by atoms with Crippen LogP contribution in [0.15, 0.2) is 36.7 Å². The van der Waals surface area contributed by atoms with Crippen LogP contribution in [0.4, 0.5) is 0 Å². The summed E-state index contributed by atoms with van der Waals surface area (Å²) < 4.78 is 0. The summed E-state index contributed by atoms with van der Waals surface area (Å²) >= 11 is 5.55. The lowest BCUT2D eigenvalue weighted by molar-refractivity contribution is 0.598. The SMILES string of the molecule is ClCN1C=CC=CC=C1. The highest BCUT2D eigenvalue weighted by Crippen LogP contribution is 1.98. The summed E-state index contributed by atoms with van der Waals surface area (Å²) in [6.07, 6.45) is 11.7. The lowest BCUT2D eigenvalue weighted by Crippen LogP contribution is -2.04. The standard InChI is InChI=1S/C7H8ClN/c8-7-9-5-3-1-2-4-6-9/h1-6H,7H2. The molecular formula is C7H8ClN. The van der Waals surface area contributed by atoms with Crippen LogP contribution in [0.5, 0.6) is 0 Å². The van der Waals surface area contributed by atoms with Crippen LogP contribution >= 0.6 is 11.6 Å². The van der Waals surface area contributed by atoms with Crippen LogP contribution in [0.3, 0.4) is 0 Å². The molecule has 0 atom stereocenters. The van der Waals surface area contributed by atoms with E-state index in [0.29, 0.717) is 6.00 Å². The molecule has 0 aromatic carbocycles. The summed E-state index contributed by atoms with van der Waals surface area (Å²) in [6, 6.07) is 0.509. The highest BCUT2D eigenvalue weighted by molar-refractivity contribution is 6.17. The topological polar surface area (TPSA) is 3.24 Å². The fraction of sp³-hybridized carbons (Fsp3) is 0.143. The molecule has 0 saturated heterocycles. The van der Waals surface area contributed by atoms with Gasteiger partial charge in [0.15, 0.2) is 0 Å². The predicted molar refractivity (Wildman–Crippen MR) is 40.0 cm³/mol. The zero-order valence-corrected chi connectivity index (χ0v) is 5.75. The van der Waals surface area contributed by atoms with Gasteiger partial charge in [-0.25, -0.2) is 0 Å². The normalized spacial score (nSPS) is 16.3. The van der Waals surface area contributed by atoms with E-state index < -0.39 is 0 Å². The first-order chi connectivity index (χ1) is 4.43. The van der Waals surface area contributed by atoms with Gasteiger partial charge in [-0.1, -0.05) is 12.2 Å². The molecule has 0 aromatic heterocycles. The number of hydrogen-bond acceptors (Lipinski definition) is 1. The maximum absolute atomic E-state index is 5.55. The van der Waals surface area contributed by atoms with Gasteiger partial charge in [-0.05, 0) is 12.2 Å². The van der Waals surface area contributed by atoms with Gasteiger partial charge in [0.2, 0.25) is 0 Å². The van der Waals surface area contributed by atoms with Crippen LogP contribution in [0.2, 0.25) is 0 Å². The average Bonchev–Trinajstić information content (AvgIpc) is 2.13. The Morgan fingerprint density at radius 1 is 1.00 bits per heavy atom. The molecule has 2 heteroatoms. The van der Waals surface area contributed by atoms with Crippen molar-refractivity contribution < 1.29 is 0 Å². The first kappa shape index (κ1) is 6.43. The van der Waals surface area contributed by atoms with Gasteiger partial charge in [0, 0.05) is 12.4 Å². The molecule has 0 spiro atoms. The van der Waals surface area contributed by atoms with E-state index >= 15 is 0 Å². The zero-order chi connectivity index (χ0) is 6.53. The maximum atomic E-state index is 5.55. The number of allylic oxidation sites excluding steroid dienone is 4. The number of hydrogen-bond donors (Lipinski definition) is 0. The monoisotopic (exact) mass is 141 g/mol. The Hall–Kier alpha value is -0.690. The molecule has 0 N–H and O–H groups in total. The molecule has 1 aliphatic heterocycles. The minimum Gasteiger partial charge on any atom is -0.340 e. The molecule has 48 valence electrons. The van der Waals surface area contributed by atoms with E-state index in [2.05, 4.69) is 0 Å². The van der Waals surface area contributed by atoms with Gasteiger partial charge < -0.3 is 4.90 Å². The Kier molecular flexibility index (Phi) is 2.40. The summed E-state index contributed by atoms with van der Waals surface area (Å²) in [6.45, 7) is 0. The molecule has 0 aromatic rings. The van der Waals surface area contributed by atoms with E-state index in [4.69, 9.17) is 11.6 Å². The van der Waals surface area contributed by atoms with E-state index in [1.54, 1.807) is 0 Å². The van der Waals surface area contributed by atoms with Crippen molar-refractivity contribution in [2.75, 3.05) is 6.00 Å². The largest absolute Gasteiger partial charge is 0.340 e. The van der Waals surface area contributed by atoms with Gasteiger partial charge in [0.1, 0.15) is 0 Å². The highest BCUT2D eigenvalue weighted by Gasteiger charge is 1.87. The molecular weight excluding hydrogens is 134 g/mol. The summed E-state index contributed by atoms with van der Waals surface area (Å²) in [5.74, 6) is 0. The first-order valence-corrected chi connectivity index (χ1v) is 3.30. The van der Waals surface area contributed by atoms with Crippen molar-refractivity contribution in [2.45, 2.75) is 0 Å². The third-order valence-electron chi connectivity index (χ3n) is 1.03. The van der Waals surface area contributed by atoms with Crippen molar-refractivity contribution in [3.63, 3.8) is 0 Å². The second kappa shape index (κ2) is 3.36. The fourth-order valence-corrected chi connectivity index (χ4v) is 0.738. The molecule has 9 heavy (non-hydrogen) atoms. The third-order valence-corrected chi connectivity index (χ3v) is 1.30. The minimum absolute atomic E-state index is 0.509. The molecule has 1 nitrogen and oxygen atoms in total. The molecule has 0 fully saturated rings. The molecule has 0 unspecified atom stereocenters. The quantitative estimate of drug-likeness (QED) is 0.399. The van der Waals surface area contributed by atoms with Gasteiger partial charge in [-0.15, -0.1) is 11.6 Å². The van der Waals surface area contributed by atoms with Gasteiger partial charge in [0.25, 0.3) is 0 Å². The van der Waals surface area contributed by atoms with Crippen LogP contribution in [-0.2, 0) is 0 Å². The molecule has 0 amide bonds. The van der Waals surface area contributed by atoms with Gasteiger partial charge in [-0.2, -0.15) is 0 Å². The van der Waals surface area contributed by atoms with Crippen LogP contribution in [-0.4, -0.2) is 10.9 Å². The van der Waals surface area contributed by atoms with E-state index in [9.17, 15) is 0 Å². The Labute approximate surface area is 59.9 Å². The number of nitrogens with zero attached hydrogens (tertiary/aromatic N) is 1. The van der Waals surface area contributed by atoms with Crippen molar-refractivity contribution in [3.8, 4) is 0 Å². The summed E-state index contributed by atoms with van der Waals surface area (Å²) in [7, 11) is 0. The summed E-state index contributed by atoms with van der Waals surface area (Å²) in [4.78, 5) is 1.89. The molecule has 1 rings (SSSR count). The Bertz CT molecular complexity index is 142. The minimum atomic E-state index is 0.509. The van der Waals surface area contributed by atoms with Crippen molar-refractivity contribution >= 4 is 11.6 Å². The molecule has 0 saturated carbocycles. The maximum Gasteiger partial charge on any atom is 0.0965 e. The van der Waals surface area contributed by atoms with Crippen LogP contribution in [0, 0.1) is 0 Å². The van der Waals surface area contributed by atoms with E-state index in [1.165, 1.54) is 0 Å². The molecule has 1 aliphatic rings. The van der Waals surface area contributed by atoms with Gasteiger partial charge in [0.05, 0.1) is 6.00 Å². The second-order valence-corrected chi connectivity index (χ2v) is 1.94. The second-order valence-electron chi connectivity index (χ2n) is 1.70. The zero-order valence-electron chi connectivity index (χ0n) is 5.00. The lowest BCUT2D eigenvalue weighted by Gasteiger charge is -2.07. The van der Waals surface area contributed by atoms with Crippen molar-refractivity contribution in [2.24, 2.45) is 0 Å². The molecule has 0 radical (unpaired) electrons. The molecule has 0 aliphatic carbocycles. The van der Waals surface area contributed by atoms with Crippen molar-refractivity contribution in [3.05, 3.63) is 36.7 Å². The van der Waals surface area contributed by atoms with E-state index in [0.717, 1.165) is 0 Å². The Morgan fingerprint density at radius 3 is 2.00 bits per heavy atom. The van der Waals surface area contributed by atoms with Crippen LogP contribution in [0.1, 0.15) is 0 Å². The van der Waals surface area contributed by atoms with Crippen LogP contribution < -0.4 is 0 Å². The van der Waals surface area contributed by atoms with E-state index in [-0.39, 0.29) is 0 Å². The number of alkyl halides is 1. The highest BCUT2D eigenvalue weighted by atomic mass is 35.5. The summed E-state index contributed by atoms with van der Waals surface area (Å²) in [5.41, 5.74) is 0. The number of halogens is 1. The third kappa shape index (κ3) is 1.94. The lowest BCUT2D eigenvalue weighted by atomic mass is 10.5. The number of rotatable bonds is 1. The molecule has 1 heterocycles. The van der Waals surface area contributed by atoms with Crippen molar-refractivity contribution in [1.82, 2.24) is 4.90 Å².